The molecule has 5 amide bonds. The van der Waals surface area contributed by atoms with Crippen LogP contribution in [0.4, 0.5) is 4.79 Å². The first-order valence-electron chi connectivity index (χ1n) is 15.2. The Hall–Kier alpha value is -3.88. The fourth-order valence-corrected chi connectivity index (χ4v) is 6.27. The van der Waals surface area contributed by atoms with Crippen LogP contribution in [0.5, 0.6) is 0 Å². The van der Waals surface area contributed by atoms with Gasteiger partial charge in [-0.25, -0.2) is 14.1 Å². The van der Waals surface area contributed by atoms with Crippen LogP contribution >= 0.6 is 0 Å². The number of hydrogen-bond acceptors (Lipinski definition) is 7. The molecule has 5 N–H and O–H groups in total. The molecule has 0 saturated heterocycles. The summed E-state index contributed by atoms with van der Waals surface area (Å²) in [6.45, 7) is 13.6. The summed E-state index contributed by atoms with van der Waals surface area (Å²) >= 11 is 0. The molecule has 1 unspecified atom stereocenters. The first kappa shape index (κ1) is 35.6. The number of carbonyl (C=O) groups excluding carboxylic acids is 4. The molecule has 2 heterocycles. The molecule has 3 rings (SSSR count). The smallest absolute Gasteiger partial charge is 0.324 e. The van der Waals surface area contributed by atoms with Gasteiger partial charge >= 0.3 is 6.03 Å². The number of benzene rings is 1. The summed E-state index contributed by atoms with van der Waals surface area (Å²) in [6.07, 6.45) is 0.551. The van der Waals surface area contributed by atoms with Crippen LogP contribution in [-0.2, 0) is 33.0 Å². The van der Waals surface area contributed by atoms with Gasteiger partial charge < -0.3 is 16.0 Å². The van der Waals surface area contributed by atoms with Gasteiger partial charge in [-0.3, -0.25) is 24.0 Å². The summed E-state index contributed by atoms with van der Waals surface area (Å²) in [5, 5.41) is 18.5. The summed E-state index contributed by atoms with van der Waals surface area (Å²) in [6, 6.07) is 6.78. The number of nitrogens with zero attached hydrogens (tertiary/aromatic N) is 4. The number of nitrogens with one attached hydrogen (secondary N) is 3. The van der Waals surface area contributed by atoms with Crippen molar-refractivity contribution in [3.05, 3.63) is 57.8 Å². The van der Waals surface area contributed by atoms with Crippen LogP contribution in [0.15, 0.2) is 44.8 Å². The van der Waals surface area contributed by atoms with Gasteiger partial charge in [0.25, 0.3) is 17.7 Å². The third-order valence-electron chi connectivity index (χ3n) is 7.63. The van der Waals surface area contributed by atoms with Gasteiger partial charge in [-0.15, -0.1) is 4.36 Å². The molecule has 1 atom stereocenters. The maximum atomic E-state index is 13.3. The van der Waals surface area contributed by atoms with E-state index in [4.69, 9.17) is 5.14 Å². The van der Waals surface area contributed by atoms with E-state index in [1.54, 1.807) is 0 Å². The second-order valence-electron chi connectivity index (χ2n) is 11.7. The number of aromatic nitrogens is 2. The lowest BCUT2D eigenvalue weighted by atomic mass is 9.87. The van der Waals surface area contributed by atoms with E-state index in [-0.39, 0.29) is 41.4 Å². The number of hydrogen-bond donors (Lipinski definition) is 4. The van der Waals surface area contributed by atoms with Crippen molar-refractivity contribution in [1.29, 1.82) is 0 Å². The average Bonchev–Trinajstić information content (AvgIpc) is 3.50. The first-order chi connectivity index (χ1) is 21.2. The molecular formula is C31H46N8O5S. The Kier molecular flexibility index (Phi) is 12.2. The molecule has 1 aromatic heterocycles. The highest BCUT2D eigenvalue weighted by Crippen LogP contribution is 2.28. The third-order valence-corrected chi connectivity index (χ3v) is 8.90. The Morgan fingerprint density at radius 2 is 1.64 bits per heavy atom. The number of nitrogens with two attached hydrogens (primary N) is 1. The normalized spacial score (nSPS) is 14.7. The lowest BCUT2D eigenvalue weighted by molar-refractivity contribution is -0.123. The zero-order valence-corrected chi connectivity index (χ0v) is 28.0. The quantitative estimate of drug-likeness (QED) is 0.242. The van der Waals surface area contributed by atoms with Crippen molar-refractivity contribution in [3.63, 3.8) is 0 Å². The van der Waals surface area contributed by atoms with E-state index < -0.39 is 27.8 Å². The van der Waals surface area contributed by atoms with E-state index in [2.05, 4.69) is 25.4 Å². The number of amides is 5. The van der Waals surface area contributed by atoms with E-state index in [1.807, 2.05) is 59.7 Å². The molecule has 0 fully saturated rings. The van der Waals surface area contributed by atoms with Crippen LogP contribution in [0.2, 0.25) is 0 Å². The molecule has 45 heavy (non-hydrogen) atoms. The lowest BCUT2D eigenvalue weighted by Crippen LogP contribution is -2.44. The highest BCUT2D eigenvalue weighted by molar-refractivity contribution is 7.91. The molecule has 0 saturated carbocycles. The van der Waals surface area contributed by atoms with Crippen molar-refractivity contribution in [3.8, 4) is 0 Å². The number of rotatable bonds is 13. The van der Waals surface area contributed by atoms with Gasteiger partial charge in [-0.05, 0) is 47.4 Å². The molecule has 246 valence electrons. The summed E-state index contributed by atoms with van der Waals surface area (Å²) in [4.78, 5) is 51.6. The molecule has 1 aliphatic rings. The highest BCUT2D eigenvalue weighted by Gasteiger charge is 2.31. The SMILES string of the molecule is CCC1=C(C)CN(C(=O)NCCNCCNC(=O)c2cc(S(N)(=O)=NC(=O)Cc3c(C(C)C)cccc3C(C)C)nn2C)C1=O. The molecule has 0 radical (unpaired) electrons. The fourth-order valence-electron chi connectivity index (χ4n) is 5.29. The fraction of sp³-hybridized carbons (Fsp3) is 0.516. The van der Waals surface area contributed by atoms with E-state index >= 15 is 0 Å². The topological polar surface area (TPSA) is 181 Å². The minimum Gasteiger partial charge on any atom is -0.349 e. The van der Waals surface area contributed by atoms with Gasteiger partial charge in [0.2, 0.25) is 0 Å². The van der Waals surface area contributed by atoms with Crippen molar-refractivity contribution >= 4 is 33.7 Å². The predicted octanol–water partition coefficient (Wildman–Crippen LogP) is 2.73. The molecule has 1 aliphatic heterocycles. The Balaban J connectivity index is 1.52. The largest absolute Gasteiger partial charge is 0.349 e. The molecule has 0 bridgehead atoms. The van der Waals surface area contributed by atoms with Gasteiger partial charge in [-0.1, -0.05) is 52.8 Å². The van der Waals surface area contributed by atoms with Crippen LogP contribution in [0.3, 0.4) is 0 Å². The van der Waals surface area contributed by atoms with Gasteiger partial charge in [0.1, 0.15) is 5.69 Å². The number of carbonyl (C=O) groups is 4. The Morgan fingerprint density at radius 1 is 1.04 bits per heavy atom. The maximum absolute atomic E-state index is 13.3. The molecule has 14 heteroatoms. The van der Waals surface area contributed by atoms with Crippen LogP contribution < -0.4 is 21.1 Å². The van der Waals surface area contributed by atoms with Gasteiger partial charge in [-0.2, -0.15) is 5.10 Å². The van der Waals surface area contributed by atoms with E-state index in [0.29, 0.717) is 38.2 Å². The van der Waals surface area contributed by atoms with E-state index in [9.17, 15) is 23.4 Å². The lowest BCUT2D eigenvalue weighted by Gasteiger charge is -2.18. The van der Waals surface area contributed by atoms with Crippen LogP contribution in [0.1, 0.15) is 87.0 Å². The van der Waals surface area contributed by atoms with Crippen molar-refractivity contribution in [2.24, 2.45) is 16.5 Å². The minimum atomic E-state index is -3.70. The summed E-state index contributed by atoms with van der Waals surface area (Å²) < 4.78 is 18.4. The van der Waals surface area contributed by atoms with Crippen LogP contribution in [-0.4, -0.2) is 75.4 Å². The molecule has 0 spiro atoms. The second kappa shape index (κ2) is 15.4. The monoisotopic (exact) mass is 642 g/mol. The van der Waals surface area contributed by atoms with E-state index in [1.165, 1.54) is 22.7 Å². The van der Waals surface area contributed by atoms with Crippen molar-refractivity contribution in [1.82, 2.24) is 30.6 Å². The first-order valence-corrected chi connectivity index (χ1v) is 16.8. The van der Waals surface area contributed by atoms with Gasteiger partial charge in [0.05, 0.1) is 13.0 Å². The number of urea groups is 1. The summed E-state index contributed by atoms with van der Waals surface area (Å²) in [7, 11) is -2.19. The minimum absolute atomic E-state index is 0.0417. The Bertz CT molecular complexity index is 1570. The molecule has 0 aliphatic carbocycles. The summed E-state index contributed by atoms with van der Waals surface area (Å²) in [5.41, 5.74) is 4.62. The summed E-state index contributed by atoms with van der Waals surface area (Å²) in [5.74, 6) is -0.974. The predicted molar refractivity (Wildman–Crippen MR) is 173 cm³/mol. The highest BCUT2D eigenvalue weighted by atomic mass is 32.2. The van der Waals surface area contributed by atoms with Gasteiger partial charge in [0, 0.05) is 44.9 Å². The standard InChI is InChI=1S/C31H46N8O5S/c1-8-22-21(6)18-39(30(22)42)31(43)35-15-13-33-12-14-34-29(41)26-17-28(36-38(26)7)45(32,44)37-27(40)16-25-23(19(2)3)10-9-11-24(25)20(4)5/h9-11,17,19-20,33H,8,12-16,18H2,1-7H3,(H,34,41)(H,35,43)(H2,32,37,40,44). The molecule has 2 aromatic rings. The van der Waals surface area contributed by atoms with Gasteiger partial charge in [0.15, 0.2) is 14.9 Å². The van der Waals surface area contributed by atoms with Crippen LogP contribution in [0, 0.1) is 0 Å². The Morgan fingerprint density at radius 3 is 2.20 bits per heavy atom. The van der Waals surface area contributed by atoms with Crippen molar-refractivity contribution < 1.29 is 23.4 Å². The molecule has 13 nitrogen and oxygen atoms in total. The Labute approximate surface area is 265 Å². The molecular weight excluding hydrogens is 596 g/mol. The zero-order valence-electron chi connectivity index (χ0n) is 27.2. The number of imide groups is 1. The third kappa shape index (κ3) is 8.86. The second-order valence-corrected chi connectivity index (χ2v) is 13.4. The molecule has 1 aromatic carbocycles. The maximum Gasteiger partial charge on any atom is 0.324 e. The zero-order chi connectivity index (χ0) is 33.5. The van der Waals surface area contributed by atoms with Crippen molar-refractivity contribution in [2.75, 3.05) is 32.7 Å². The van der Waals surface area contributed by atoms with Crippen LogP contribution in [0.25, 0.3) is 0 Å². The van der Waals surface area contributed by atoms with Crippen molar-refractivity contribution in [2.45, 2.75) is 71.2 Å². The van der Waals surface area contributed by atoms with E-state index in [0.717, 1.165) is 22.3 Å². The average molecular weight is 643 g/mol. The number of aryl methyl sites for hydroxylation is 1.